The summed E-state index contributed by atoms with van der Waals surface area (Å²) in [4.78, 5) is 16.0. The van der Waals surface area contributed by atoms with E-state index in [2.05, 4.69) is 10.3 Å². The van der Waals surface area contributed by atoms with Gasteiger partial charge >= 0.3 is 0 Å². The molecule has 4 nitrogen and oxygen atoms in total. The second-order valence-corrected chi connectivity index (χ2v) is 3.76. The van der Waals surface area contributed by atoms with Crippen LogP contribution in [0.1, 0.15) is 29.8 Å². The monoisotopic (exact) mass is 257 g/mol. The van der Waals surface area contributed by atoms with Crippen molar-refractivity contribution >= 4 is 17.4 Å². The molecule has 2 aromatic rings. The molecule has 2 rings (SSSR count). The number of rotatable bonds is 2. The largest absolute Gasteiger partial charge is 0.398 e. The van der Waals surface area contributed by atoms with Gasteiger partial charge in [-0.1, -0.05) is 32.0 Å². The third kappa shape index (κ3) is 4.10. The summed E-state index contributed by atoms with van der Waals surface area (Å²) in [5, 5.41) is 2.70. The summed E-state index contributed by atoms with van der Waals surface area (Å²) in [5.41, 5.74) is 7.67. The summed E-state index contributed by atoms with van der Waals surface area (Å²) in [6, 6.07) is 10.6. The highest BCUT2D eigenvalue weighted by Crippen LogP contribution is 2.13. The lowest BCUT2D eigenvalue weighted by Crippen LogP contribution is -2.14. The molecule has 0 atom stereocenters. The summed E-state index contributed by atoms with van der Waals surface area (Å²) >= 11 is 0. The fourth-order valence-electron chi connectivity index (χ4n) is 1.43. The van der Waals surface area contributed by atoms with E-state index in [1.54, 1.807) is 36.5 Å². The molecule has 0 saturated carbocycles. The molecule has 0 aliphatic rings. The Hall–Kier alpha value is -2.36. The zero-order valence-corrected chi connectivity index (χ0v) is 11.5. The van der Waals surface area contributed by atoms with Gasteiger partial charge in [0.2, 0.25) is 0 Å². The predicted octanol–water partition coefficient (Wildman–Crippen LogP) is 3.25. The first-order valence-electron chi connectivity index (χ1n) is 6.25. The number of carbonyl (C=O) groups excluding carboxylic acids is 1. The Morgan fingerprint density at radius 2 is 1.84 bits per heavy atom. The van der Waals surface area contributed by atoms with E-state index in [9.17, 15) is 4.79 Å². The van der Waals surface area contributed by atoms with Crippen molar-refractivity contribution < 1.29 is 4.79 Å². The van der Waals surface area contributed by atoms with Crippen molar-refractivity contribution in [3.05, 3.63) is 53.7 Å². The fourth-order valence-corrected chi connectivity index (χ4v) is 1.43. The normalized spacial score (nSPS) is 9.21. The van der Waals surface area contributed by atoms with Crippen LogP contribution >= 0.6 is 0 Å². The second-order valence-electron chi connectivity index (χ2n) is 3.76. The molecule has 0 unspecified atom stereocenters. The van der Waals surface area contributed by atoms with Crippen molar-refractivity contribution in [2.75, 3.05) is 11.1 Å². The van der Waals surface area contributed by atoms with Gasteiger partial charge in [-0.2, -0.15) is 0 Å². The quantitative estimate of drug-likeness (QED) is 0.811. The second kappa shape index (κ2) is 7.16. The molecule has 0 radical (unpaired) electrons. The van der Waals surface area contributed by atoms with Crippen LogP contribution < -0.4 is 11.1 Å². The molecule has 3 N–H and O–H groups in total. The van der Waals surface area contributed by atoms with Gasteiger partial charge < -0.3 is 11.1 Å². The third-order valence-electron chi connectivity index (χ3n) is 2.36. The van der Waals surface area contributed by atoms with E-state index in [0.29, 0.717) is 17.1 Å². The Kier molecular flexibility index (Phi) is 5.54. The van der Waals surface area contributed by atoms with E-state index >= 15 is 0 Å². The minimum absolute atomic E-state index is 0.251. The number of nitrogens with two attached hydrogens (primary N) is 1. The van der Waals surface area contributed by atoms with Crippen LogP contribution in [-0.2, 0) is 0 Å². The maximum absolute atomic E-state index is 11.9. The van der Waals surface area contributed by atoms with Crippen molar-refractivity contribution in [2.45, 2.75) is 20.8 Å². The van der Waals surface area contributed by atoms with E-state index in [1.165, 1.54) is 0 Å². The molecule has 1 aromatic heterocycles. The first-order chi connectivity index (χ1) is 9.16. The van der Waals surface area contributed by atoms with Gasteiger partial charge in [0.15, 0.2) is 0 Å². The molecule has 1 aromatic carbocycles. The molecular formula is C15H19N3O. The number of nitrogens with zero attached hydrogens (tertiary/aromatic N) is 1. The number of nitrogen functional groups attached to an aromatic ring is 1. The minimum Gasteiger partial charge on any atom is -0.398 e. The molecule has 19 heavy (non-hydrogen) atoms. The number of para-hydroxylation sites is 1. The van der Waals surface area contributed by atoms with Crippen molar-refractivity contribution in [3.63, 3.8) is 0 Å². The van der Waals surface area contributed by atoms with E-state index in [1.807, 2.05) is 26.8 Å². The molecule has 100 valence electrons. The van der Waals surface area contributed by atoms with Gasteiger partial charge in [-0.05, 0) is 30.7 Å². The fraction of sp³-hybridized carbons (Fsp3) is 0.200. The SMILES string of the molecule is CC.Cc1ccc(NC(=O)c2ccccc2N)nc1. The molecule has 4 heteroatoms. The van der Waals surface area contributed by atoms with Gasteiger partial charge in [-0.25, -0.2) is 4.98 Å². The predicted molar refractivity (Wildman–Crippen MR) is 79.1 cm³/mol. The molecule has 1 heterocycles. The van der Waals surface area contributed by atoms with Crippen LogP contribution in [0, 0.1) is 6.92 Å². The average Bonchev–Trinajstić information content (AvgIpc) is 2.44. The number of hydrogen-bond donors (Lipinski definition) is 2. The lowest BCUT2D eigenvalue weighted by Gasteiger charge is -2.06. The Morgan fingerprint density at radius 3 is 2.42 bits per heavy atom. The molecule has 0 saturated heterocycles. The third-order valence-corrected chi connectivity index (χ3v) is 2.36. The number of anilines is 2. The highest BCUT2D eigenvalue weighted by molar-refractivity contribution is 6.07. The lowest BCUT2D eigenvalue weighted by atomic mass is 10.1. The van der Waals surface area contributed by atoms with Crippen molar-refractivity contribution in [1.82, 2.24) is 4.98 Å². The topological polar surface area (TPSA) is 68.0 Å². The highest BCUT2D eigenvalue weighted by atomic mass is 16.1. The number of aromatic nitrogens is 1. The van der Waals surface area contributed by atoms with Crippen LogP contribution in [0.5, 0.6) is 0 Å². The number of pyridine rings is 1. The number of amides is 1. The number of carbonyl (C=O) groups is 1. The Balaban J connectivity index is 0.000000861. The van der Waals surface area contributed by atoms with Gasteiger partial charge in [0, 0.05) is 11.9 Å². The van der Waals surface area contributed by atoms with Gasteiger partial charge in [0.25, 0.3) is 5.91 Å². The molecule has 0 spiro atoms. The first kappa shape index (κ1) is 14.7. The number of hydrogen-bond acceptors (Lipinski definition) is 3. The Morgan fingerprint density at radius 1 is 1.16 bits per heavy atom. The van der Waals surface area contributed by atoms with Gasteiger partial charge in [-0.3, -0.25) is 4.79 Å². The van der Waals surface area contributed by atoms with Gasteiger partial charge in [-0.15, -0.1) is 0 Å². The summed E-state index contributed by atoms with van der Waals surface area (Å²) in [5.74, 6) is 0.267. The molecule has 1 amide bonds. The zero-order chi connectivity index (χ0) is 14.3. The average molecular weight is 257 g/mol. The first-order valence-corrected chi connectivity index (χ1v) is 6.25. The standard InChI is InChI=1S/C13H13N3O.C2H6/c1-9-6-7-12(15-8-9)16-13(17)10-4-2-3-5-11(10)14;1-2/h2-8H,14H2,1H3,(H,15,16,17);1-2H3. The summed E-state index contributed by atoms with van der Waals surface area (Å²) in [7, 11) is 0. The molecule has 0 fully saturated rings. The van der Waals surface area contributed by atoms with Crippen LogP contribution in [0.4, 0.5) is 11.5 Å². The smallest absolute Gasteiger partial charge is 0.258 e. The Labute approximate surface area is 113 Å². The van der Waals surface area contributed by atoms with Crippen molar-refractivity contribution in [3.8, 4) is 0 Å². The summed E-state index contributed by atoms with van der Waals surface area (Å²) < 4.78 is 0. The van der Waals surface area contributed by atoms with Crippen LogP contribution in [0.3, 0.4) is 0 Å². The van der Waals surface area contributed by atoms with Gasteiger partial charge in [0.1, 0.15) is 5.82 Å². The van der Waals surface area contributed by atoms with E-state index < -0.39 is 0 Å². The van der Waals surface area contributed by atoms with E-state index in [4.69, 9.17) is 5.73 Å². The Bertz CT molecular complexity index is 535. The molecular weight excluding hydrogens is 238 g/mol. The van der Waals surface area contributed by atoms with Crippen LogP contribution in [0.15, 0.2) is 42.6 Å². The van der Waals surface area contributed by atoms with Gasteiger partial charge in [0.05, 0.1) is 5.56 Å². The molecule has 0 aliphatic heterocycles. The number of benzene rings is 1. The van der Waals surface area contributed by atoms with Crippen molar-refractivity contribution in [2.24, 2.45) is 0 Å². The summed E-state index contributed by atoms with van der Waals surface area (Å²) in [6.07, 6.45) is 1.70. The maximum Gasteiger partial charge on any atom is 0.258 e. The molecule has 0 bridgehead atoms. The minimum atomic E-state index is -0.251. The molecule has 0 aliphatic carbocycles. The van der Waals surface area contributed by atoms with Crippen LogP contribution in [0.2, 0.25) is 0 Å². The highest BCUT2D eigenvalue weighted by Gasteiger charge is 2.09. The summed E-state index contributed by atoms with van der Waals surface area (Å²) in [6.45, 7) is 5.94. The van der Waals surface area contributed by atoms with Crippen molar-refractivity contribution in [1.29, 1.82) is 0 Å². The lowest BCUT2D eigenvalue weighted by molar-refractivity contribution is 0.102. The van der Waals surface area contributed by atoms with Crippen LogP contribution in [0.25, 0.3) is 0 Å². The number of aryl methyl sites for hydroxylation is 1. The van der Waals surface area contributed by atoms with E-state index in [-0.39, 0.29) is 5.91 Å². The maximum atomic E-state index is 11.9. The zero-order valence-electron chi connectivity index (χ0n) is 11.5. The van der Waals surface area contributed by atoms with Crippen LogP contribution in [-0.4, -0.2) is 10.9 Å². The number of nitrogens with one attached hydrogen (secondary N) is 1. The van der Waals surface area contributed by atoms with E-state index in [0.717, 1.165) is 5.56 Å².